The standard InChI is InChI=1S/C18H26O5/c1-22-13-4-3-12(11-14(13)23-2)18(21)9-7-17(8-10-18)15(19)5-6-16(17)20/h3-4,11,15-16,19-21H,5-10H2,1-2H3. The third-order valence-electron chi connectivity index (χ3n) is 5.97. The summed E-state index contributed by atoms with van der Waals surface area (Å²) < 4.78 is 10.6. The molecule has 0 aromatic heterocycles. The third kappa shape index (κ3) is 2.61. The molecule has 3 N–H and O–H groups in total. The van der Waals surface area contributed by atoms with E-state index in [1.165, 1.54) is 0 Å². The van der Waals surface area contributed by atoms with Gasteiger partial charge in [-0.2, -0.15) is 0 Å². The molecule has 0 heterocycles. The average molecular weight is 322 g/mol. The van der Waals surface area contributed by atoms with Gasteiger partial charge < -0.3 is 24.8 Å². The van der Waals surface area contributed by atoms with Gasteiger partial charge in [-0.05, 0) is 56.2 Å². The maximum Gasteiger partial charge on any atom is 0.161 e. The van der Waals surface area contributed by atoms with Crippen molar-refractivity contribution in [3.8, 4) is 11.5 Å². The van der Waals surface area contributed by atoms with Crippen molar-refractivity contribution < 1.29 is 24.8 Å². The molecular formula is C18H26O5. The fourth-order valence-corrected chi connectivity index (χ4v) is 4.32. The Morgan fingerprint density at radius 2 is 1.48 bits per heavy atom. The molecule has 2 fully saturated rings. The van der Waals surface area contributed by atoms with Crippen molar-refractivity contribution in [3.05, 3.63) is 23.8 Å². The van der Waals surface area contributed by atoms with Crippen molar-refractivity contribution in [1.82, 2.24) is 0 Å². The molecular weight excluding hydrogens is 296 g/mol. The van der Waals surface area contributed by atoms with Crippen molar-refractivity contribution in [2.45, 2.75) is 56.3 Å². The number of aliphatic hydroxyl groups excluding tert-OH is 2. The van der Waals surface area contributed by atoms with E-state index in [2.05, 4.69) is 0 Å². The lowest BCUT2D eigenvalue weighted by molar-refractivity contribution is -0.106. The van der Waals surface area contributed by atoms with Crippen molar-refractivity contribution in [2.24, 2.45) is 5.41 Å². The quantitative estimate of drug-likeness (QED) is 0.793. The van der Waals surface area contributed by atoms with Crippen LogP contribution in [0.1, 0.15) is 44.1 Å². The molecule has 2 unspecified atom stereocenters. The summed E-state index contributed by atoms with van der Waals surface area (Å²) >= 11 is 0. The first-order valence-electron chi connectivity index (χ1n) is 8.26. The van der Waals surface area contributed by atoms with Gasteiger partial charge in [0.15, 0.2) is 11.5 Å². The second kappa shape index (κ2) is 5.96. The molecule has 128 valence electrons. The van der Waals surface area contributed by atoms with Gasteiger partial charge in [0.05, 0.1) is 32.0 Å². The molecule has 0 amide bonds. The van der Waals surface area contributed by atoms with Gasteiger partial charge in [0.25, 0.3) is 0 Å². The molecule has 1 aromatic rings. The van der Waals surface area contributed by atoms with Gasteiger partial charge in [0.2, 0.25) is 0 Å². The molecule has 2 saturated carbocycles. The number of aliphatic hydroxyl groups is 3. The van der Waals surface area contributed by atoms with Crippen LogP contribution in [0.2, 0.25) is 0 Å². The van der Waals surface area contributed by atoms with Crippen LogP contribution >= 0.6 is 0 Å². The van der Waals surface area contributed by atoms with Crippen molar-refractivity contribution >= 4 is 0 Å². The molecule has 0 bridgehead atoms. The molecule has 1 spiro atoms. The highest BCUT2D eigenvalue weighted by Crippen LogP contribution is 2.54. The Kier molecular flexibility index (Phi) is 4.29. The average Bonchev–Trinajstić information content (AvgIpc) is 2.85. The van der Waals surface area contributed by atoms with Gasteiger partial charge in [-0.1, -0.05) is 6.07 Å². The van der Waals surface area contributed by atoms with E-state index >= 15 is 0 Å². The van der Waals surface area contributed by atoms with E-state index in [1.54, 1.807) is 20.3 Å². The number of methoxy groups -OCH3 is 2. The van der Waals surface area contributed by atoms with Crippen LogP contribution in [0.3, 0.4) is 0 Å². The zero-order chi connectivity index (χ0) is 16.7. The Bertz CT molecular complexity index is 551. The second-order valence-corrected chi connectivity index (χ2v) is 6.94. The molecule has 5 heteroatoms. The molecule has 2 aliphatic carbocycles. The second-order valence-electron chi connectivity index (χ2n) is 6.94. The summed E-state index contributed by atoms with van der Waals surface area (Å²) in [6.45, 7) is 0. The minimum atomic E-state index is -0.952. The largest absolute Gasteiger partial charge is 0.493 e. The number of benzene rings is 1. The summed E-state index contributed by atoms with van der Waals surface area (Å²) in [7, 11) is 3.16. The van der Waals surface area contributed by atoms with Crippen LogP contribution in [-0.4, -0.2) is 41.7 Å². The Labute approximate surface area is 136 Å². The summed E-state index contributed by atoms with van der Waals surface area (Å²) in [5.74, 6) is 1.23. The van der Waals surface area contributed by atoms with Crippen LogP contribution in [0.5, 0.6) is 11.5 Å². The van der Waals surface area contributed by atoms with Crippen LogP contribution in [0.15, 0.2) is 18.2 Å². The Hall–Kier alpha value is -1.30. The van der Waals surface area contributed by atoms with Crippen molar-refractivity contribution in [2.75, 3.05) is 14.2 Å². The van der Waals surface area contributed by atoms with Gasteiger partial charge in [-0.3, -0.25) is 0 Å². The highest BCUT2D eigenvalue weighted by molar-refractivity contribution is 5.44. The van der Waals surface area contributed by atoms with Crippen molar-refractivity contribution in [3.63, 3.8) is 0 Å². The van der Waals surface area contributed by atoms with Crippen molar-refractivity contribution in [1.29, 1.82) is 0 Å². The van der Waals surface area contributed by atoms with Gasteiger partial charge in [0, 0.05) is 5.41 Å². The van der Waals surface area contributed by atoms with Crippen LogP contribution in [0, 0.1) is 5.41 Å². The summed E-state index contributed by atoms with van der Waals surface area (Å²) in [6.07, 6.45) is 2.67. The highest BCUT2D eigenvalue weighted by atomic mass is 16.5. The van der Waals surface area contributed by atoms with Crippen LogP contribution in [-0.2, 0) is 5.60 Å². The minimum Gasteiger partial charge on any atom is -0.493 e. The molecule has 0 aliphatic heterocycles. The lowest BCUT2D eigenvalue weighted by Crippen LogP contribution is -2.46. The SMILES string of the molecule is COc1ccc(C2(O)CCC3(CC2)C(O)CCC3O)cc1OC. The fraction of sp³-hybridized carbons (Fsp3) is 0.667. The van der Waals surface area contributed by atoms with Gasteiger partial charge in [0.1, 0.15) is 0 Å². The molecule has 3 rings (SSSR count). The number of hydrogen-bond acceptors (Lipinski definition) is 5. The Morgan fingerprint density at radius 1 is 0.913 bits per heavy atom. The van der Waals surface area contributed by atoms with E-state index in [0.29, 0.717) is 50.0 Å². The Morgan fingerprint density at radius 3 is 2.00 bits per heavy atom. The summed E-state index contributed by atoms with van der Waals surface area (Å²) in [4.78, 5) is 0. The van der Waals surface area contributed by atoms with Gasteiger partial charge in [-0.25, -0.2) is 0 Å². The molecule has 0 radical (unpaired) electrons. The predicted molar refractivity (Wildman–Crippen MR) is 85.6 cm³/mol. The topological polar surface area (TPSA) is 79.2 Å². The first-order chi connectivity index (χ1) is 10.9. The summed E-state index contributed by atoms with van der Waals surface area (Å²) in [6, 6.07) is 5.48. The molecule has 0 saturated heterocycles. The van der Waals surface area contributed by atoms with E-state index in [9.17, 15) is 15.3 Å². The normalized spacial score (nSPS) is 37.1. The van der Waals surface area contributed by atoms with E-state index in [4.69, 9.17) is 9.47 Å². The third-order valence-corrected chi connectivity index (χ3v) is 5.97. The van der Waals surface area contributed by atoms with Gasteiger partial charge >= 0.3 is 0 Å². The number of hydrogen-bond donors (Lipinski definition) is 3. The van der Waals surface area contributed by atoms with Crippen LogP contribution in [0.4, 0.5) is 0 Å². The summed E-state index contributed by atoms with van der Waals surface area (Å²) in [5, 5.41) is 31.7. The predicted octanol–water partition coefficient (Wildman–Crippen LogP) is 1.97. The maximum atomic E-state index is 11.1. The van der Waals surface area contributed by atoms with Gasteiger partial charge in [-0.15, -0.1) is 0 Å². The molecule has 1 aromatic carbocycles. The molecule has 5 nitrogen and oxygen atoms in total. The monoisotopic (exact) mass is 322 g/mol. The number of rotatable bonds is 3. The lowest BCUT2D eigenvalue weighted by atomic mass is 9.64. The fourth-order valence-electron chi connectivity index (χ4n) is 4.32. The Balaban J connectivity index is 1.82. The van der Waals surface area contributed by atoms with Crippen LogP contribution < -0.4 is 9.47 Å². The highest BCUT2D eigenvalue weighted by Gasteiger charge is 2.53. The zero-order valence-electron chi connectivity index (χ0n) is 13.8. The zero-order valence-corrected chi connectivity index (χ0v) is 13.8. The minimum absolute atomic E-state index is 0.442. The molecule has 23 heavy (non-hydrogen) atoms. The van der Waals surface area contributed by atoms with E-state index < -0.39 is 23.2 Å². The first-order valence-corrected chi connectivity index (χ1v) is 8.26. The van der Waals surface area contributed by atoms with E-state index in [0.717, 1.165) is 5.56 Å². The van der Waals surface area contributed by atoms with E-state index in [1.807, 2.05) is 12.1 Å². The number of ether oxygens (including phenoxy) is 2. The van der Waals surface area contributed by atoms with E-state index in [-0.39, 0.29) is 0 Å². The van der Waals surface area contributed by atoms with Crippen LogP contribution in [0.25, 0.3) is 0 Å². The lowest BCUT2D eigenvalue weighted by Gasteiger charge is -2.45. The molecule has 2 atom stereocenters. The smallest absolute Gasteiger partial charge is 0.161 e. The molecule has 2 aliphatic rings. The maximum absolute atomic E-state index is 11.1. The summed E-state index contributed by atoms with van der Waals surface area (Å²) in [5.41, 5.74) is -0.595. The first kappa shape index (κ1) is 16.6.